The van der Waals surface area contributed by atoms with E-state index in [1.54, 1.807) is 6.20 Å². The first kappa shape index (κ1) is 20.6. The number of hydrogen-bond donors (Lipinski definition) is 0. The Morgan fingerprint density at radius 3 is 2.61 bits per heavy atom. The molecule has 0 saturated carbocycles. The first-order valence-corrected chi connectivity index (χ1v) is 12.0. The number of fused-ring (bicyclic) bond motifs is 2. The summed E-state index contributed by atoms with van der Waals surface area (Å²) in [6, 6.07) is 6.32. The Morgan fingerprint density at radius 2 is 1.79 bits per heavy atom. The van der Waals surface area contributed by atoms with E-state index in [4.69, 9.17) is 21.6 Å². The molecule has 4 aromatic rings. The summed E-state index contributed by atoms with van der Waals surface area (Å²) in [7, 11) is 0. The summed E-state index contributed by atoms with van der Waals surface area (Å²) >= 11 is 6.63. The third-order valence-electron chi connectivity index (χ3n) is 7.45. The molecule has 1 spiro atoms. The van der Waals surface area contributed by atoms with E-state index in [-0.39, 0.29) is 0 Å². The summed E-state index contributed by atoms with van der Waals surface area (Å²) in [5, 5.41) is 5.30. The van der Waals surface area contributed by atoms with Gasteiger partial charge in [-0.05, 0) is 75.1 Å². The normalized spacial score (nSPS) is 17.2. The molecule has 1 saturated heterocycles. The van der Waals surface area contributed by atoms with Gasteiger partial charge >= 0.3 is 0 Å². The van der Waals surface area contributed by atoms with Gasteiger partial charge in [-0.25, -0.2) is 9.50 Å². The largest absolute Gasteiger partial charge is 0.355 e. The molecule has 0 unspecified atom stereocenters. The number of nitrogens with zero attached hydrogens (tertiary/aromatic N) is 6. The lowest BCUT2D eigenvalue weighted by molar-refractivity contribution is 0.231. The van der Waals surface area contributed by atoms with Crippen LogP contribution in [-0.4, -0.2) is 37.7 Å². The number of aryl methyl sites for hydroxylation is 3. The number of piperidine rings is 1. The van der Waals surface area contributed by atoms with Crippen LogP contribution in [0.2, 0.25) is 5.02 Å². The van der Waals surface area contributed by atoms with Gasteiger partial charge in [0.25, 0.3) is 0 Å². The van der Waals surface area contributed by atoms with Gasteiger partial charge in [-0.1, -0.05) is 17.7 Å². The molecule has 1 aliphatic heterocycles. The number of hydrogen-bond acceptors (Lipinski definition) is 5. The van der Waals surface area contributed by atoms with Crippen molar-refractivity contribution in [2.45, 2.75) is 46.5 Å². The molecular formula is C26H27ClN6. The number of pyridine rings is 2. The Balaban J connectivity index is 1.32. The third kappa shape index (κ3) is 3.31. The number of halogens is 1. The topological polar surface area (TPSA) is 59.2 Å². The zero-order valence-corrected chi connectivity index (χ0v) is 20.0. The van der Waals surface area contributed by atoms with Gasteiger partial charge < -0.3 is 4.90 Å². The maximum Gasteiger partial charge on any atom is 0.155 e. The van der Waals surface area contributed by atoms with Crippen molar-refractivity contribution in [3.8, 4) is 11.3 Å². The van der Waals surface area contributed by atoms with Crippen LogP contribution in [0.4, 0.5) is 5.82 Å². The Morgan fingerprint density at radius 1 is 0.970 bits per heavy atom. The first-order valence-electron chi connectivity index (χ1n) is 11.6. The molecule has 168 valence electrons. The minimum absolute atomic E-state index is 0.341. The first-order chi connectivity index (χ1) is 15.9. The lowest BCUT2D eigenvalue weighted by atomic mass is 9.76. The molecule has 0 aromatic carbocycles. The van der Waals surface area contributed by atoms with Crippen LogP contribution in [0.5, 0.6) is 0 Å². The molecule has 0 radical (unpaired) electrons. The lowest BCUT2D eigenvalue weighted by Gasteiger charge is -2.40. The second kappa shape index (κ2) is 7.52. The summed E-state index contributed by atoms with van der Waals surface area (Å²) < 4.78 is 1.99. The Hall–Kier alpha value is -2.99. The fourth-order valence-electron chi connectivity index (χ4n) is 5.68. The Labute approximate surface area is 198 Å². The van der Waals surface area contributed by atoms with Gasteiger partial charge in [0.05, 0.1) is 28.3 Å². The van der Waals surface area contributed by atoms with Gasteiger partial charge in [0, 0.05) is 36.7 Å². The van der Waals surface area contributed by atoms with E-state index < -0.39 is 0 Å². The van der Waals surface area contributed by atoms with Crippen molar-refractivity contribution < 1.29 is 0 Å². The van der Waals surface area contributed by atoms with E-state index in [2.05, 4.69) is 34.0 Å². The Bertz CT molecular complexity index is 1380. The van der Waals surface area contributed by atoms with Gasteiger partial charge in [-0.3, -0.25) is 9.97 Å². The molecule has 4 aromatic heterocycles. The second-order valence-corrected chi connectivity index (χ2v) is 10.1. The average Bonchev–Trinajstić information content (AvgIpc) is 3.41. The smallest absolute Gasteiger partial charge is 0.155 e. The minimum atomic E-state index is 0.341. The SMILES string of the molecule is Cc1cnc2c(c1)CC1(CCN(c3nc(C)c(-c4ccnc(C)c4Cl)n4nccc34)CC1)C2. The average molecular weight is 459 g/mol. The van der Waals surface area contributed by atoms with Crippen molar-refractivity contribution in [3.63, 3.8) is 0 Å². The van der Waals surface area contributed by atoms with Crippen LogP contribution < -0.4 is 4.90 Å². The van der Waals surface area contributed by atoms with E-state index in [1.807, 2.05) is 36.8 Å². The summed E-state index contributed by atoms with van der Waals surface area (Å²) in [5.41, 5.74) is 8.93. The van der Waals surface area contributed by atoms with Crippen molar-refractivity contribution in [2.75, 3.05) is 18.0 Å². The molecule has 0 atom stereocenters. The molecule has 1 fully saturated rings. The predicted octanol–water partition coefficient (Wildman–Crippen LogP) is 5.15. The summed E-state index contributed by atoms with van der Waals surface area (Å²) in [6.07, 6.45) is 10.2. The second-order valence-electron chi connectivity index (χ2n) is 9.71. The molecule has 6 rings (SSSR count). The van der Waals surface area contributed by atoms with Crippen LogP contribution in [0, 0.1) is 26.2 Å². The highest BCUT2D eigenvalue weighted by Crippen LogP contribution is 2.45. The van der Waals surface area contributed by atoms with E-state index in [0.29, 0.717) is 10.4 Å². The quantitative estimate of drug-likeness (QED) is 0.415. The predicted molar refractivity (Wildman–Crippen MR) is 131 cm³/mol. The highest BCUT2D eigenvalue weighted by Gasteiger charge is 2.41. The highest BCUT2D eigenvalue weighted by molar-refractivity contribution is 6.33. The van der Waals surface area contributed by atoms with Gasteiger partial charge in [0.15, 0.2) is 5.82 Å². The summed E-state index contributed by atoms with van der Waals surface area (Å²) in [4.78, 5) is 16.6. The van der Waals surface area contributed by atoms with Gasteiger partial charge in [0.1, 0.15) is 5.52 Å². The van der Waals surface area contributed by atoms with Gasteiger partial charge in [-0.2, -0.15) is 5.10 Å². The van der Waals surface area contributed by atoms with E-state index >= 15 is 0 Å². The molecule has 33 heavy (non-hydrogen) atoms. The fourth-order valence-corrected chi connectivity index (χ4v) is 5.89. The van der Waals surface area contributed by atoms with Crippen LogP contribution in [0.15, 0.2) is 36.8 Å². The lowest BCUT2D eigenvalue weighted by Crippen LogP contribution is -2.41. The number of aromatic nitrogens is 5. The molecule has 1 aliphatic carbocycles. The minimum Gasteiger partial charge on any atom is -0.355 e. The van der Waals surface area contributed by atoms with E-state index in [0.717, 1.165) is 72.8 Å². The third-order valence-corrected chi connectivity index (χ3v) is 7.92. The van der Waals surface area contributed by atoms with Crippen LogP contribution in [0.3, 0.4) is 0 Å². The van der Waals surface area contributed by atoms with E-state index in [1.165, 1.54) is 16.8 Å². The maximum atomic E-state index is 6.63. The molecule has 0 bridgehead atoms. The zero-order chi connectivity index (χ0) is 22.7. The van der Waals surface area contributed by atoms with Crippen LogP contribution in [0.1, 0.15) is 41.1 Å². The maximum absolute atomic E-state index is 6.63. The number of anilines is 1. The van der Waals surface area contributed by atoms with Gasteiger partial charge in [-0.15, -0.1) is 0 Å². The molecule has 7 heteroatoms. The molecule has 0 N–H and O–H groups in total. The van der Waals surface area contributed by atoms with Crippen LogP contribution >= 0.6 is 11.6 Å². The van der Waals surface area contributed by atoms with Crippen molar-refractivity contribution >= 4 is 22.9 Å². The summed E-state index contributed by atoms with van der Waals surface area (Å²) in [6.45, 7) is 8.09. The summed E-state index contributed by atoms with van der Waals surface area (Å²) in [5.74, 6) is 1.01. The fraction of sp³-hybridized carbons (Fsp3) is 0.385. The monoisotopic (exact) mass is 458 g/mol. The van der Waals surface area contributed by atoms with Gasteiger partial charge in [0.2, 0.25) is 0 Å². The molecule has 2 aliphatic rings. The highest BCUT2D eigenvalue weighted by atomic mass is 35.5. The Kier molecular flexibility index (Phi) is 4.70. The van der Waals surface area contributed by atoms with Crippen molar-refractivity contribution in [2.24, 2.45) is 5.41 Å². The molecule has 6 nitrogen and oxygen atoms in total. The van der Waals surface area contributed by atoms with Crippen molar-refractivity contribution in [1.29, 1.82) is 0 Å². The zero-order valence-electron chi connectivity index (χ0n) is 19.3. The molecular weight excluding hydrogens is 432 g/mol. The standard InChI is InChI=1S/C26H27ClN6/c1-16-12-19-13-26(14-21(19)29-15-16)6-10-32(11-7-26)25-22-5-9-30-33(22)24(18(3)31-25)20-4-8-28-17(2)23(20)27/h4-5,8-9,12,15H,6-7,10-11,13-14H2,1-3H3. The van der Waals surface area contributed by atoms with Crippen LogP contribution in [0.25, 0.3) is 16.8 Å². The van der Waals surface area contributed by atoms with Crippen molar-refractivity contribution in [3.05, 3.63) is 70.0 Å². The van der Waals surface area contributed by atoms with Crippen molar-refractivity contribution in [1.82, 2.24) is 24.6 Å². The van der Waals surface area contributed by atoms with Crippen LogP contribution in [-0.2, 0) is 12.8 Å². The van der Waals surface area contributed by atoms with E-state index in [9.17, 15) is 0 Å². The molecule has 5 heterocycles. The molecule has 0 amide bonds. The number of rotatable bonds is 2.